The van der Waals surface area contributed by atoms with Crippen molar-refractivity contribution in [2.24, 2.45) is 0 Å². The highest BCUT2D eigenvalue weighted by molar-refractivity contribution is 6.09. The van der Waals surface area contributed by atoms with Crippen molar-refractivity contribution >= 4 is 11.6 Å². The number of carbonyl (C=O) groups excluding carboxylic acids is 1. The van der Waals surface area contributed by atoms with Gasteiger partial charge in [0.2, 0.25) is 5.91 Å². The van der Waals surface area contributed by atoms with Crippen LogP contribution in [0.5, 0.6) is 0 Å². The molecule has 4 rings (SSSR count). The fourth-order valence-electron chi connectivity index (χ4n) is 4.98. The summed E-state index contributed by atoms with van der Waals surface area (Å²) in [4.78, 5) is 15.0. The van der Waals surface area contributed by atoms with Crippen LogP contribution in [0.15, 0.2) is 24.3 Å². The van der Waals surface area contributed by atoms with Gasteiger partial charge in [0.05, 0.1) is 5.41 Å². The number of fused-ring (bicyclic) bond motifs is 3. The number of hydrogen-bond acceptors (Lipinski definition) is 2. The second kappa shape index (κ2) is 4.08. The Morgan fingerprint density at radius 3 is 2.65 bits per heavy atom. The highest BCUT2D eigenvalue weighted by Gasteiger charge is 2.64. The Morgan fingerprint density at radius 1 is 1.10 bits per heavy atom. The maximum Gasteiger partial charge on any atom is 0.239 e. The second-order valence-electron chi connectivity index (χ2n) is 6.61. The van der Waals surface area contributed by atoms with E-state index in [0.717, 1.165) is 31.5 Å². The van der Waals surface area contributed by atoms with Gasteiger partial charge in [0, 0.05) is 18.3 Å². The Bertz CT molecular complexity index is 562. The van der Waals surface area contributed by atoms with Gasteiger partial charge in [-0.2, -0.15) is 0 Å². The van der Waals surface area contributed by atoms with Crippen molar-refractivity contribution in [2.45, 2.75) is 49.5 Å². The molecule has 1 aliphatic carbocycles. The first kappa shape index (κ1) is 12.4. The molecule has 0 aromatic heterocycles. The van der Waals surface area contributed by atoms with E-state index in [1.165, 1.54) is 24.8 Å². The van der Waals surface area contributed by atoms with Gasteiger partial charge in [0.1, 0.15) is 0 Å². The van der Waals surface area contributed by atoms with Gasteiger partial charge in [0.25, 0.3) is 0 Å². The van der Waals surface area contributed by atoms with Crippen LogP contribution in [0.25, 0.3) is 0 Å². The quantitative estimate of drug-likeness (QED) is 0.786. The van der Waals surface area contributed by atoms with E-state index >= 15 is 0 Å². The highest BCUT2D eigenvalue weighted by atomic mass is 16.2. The monoisotopic (exact) mass is 270 g/mol. The Kier molecular flexibility index (Phi) is 2.53. The molecule has 1 atom stereocenters. The molecule has 1 aromatic rings. The van der Waals surface area contributed by atoms with Crippen molar-refractivity contribution < 1.29 is 4.79 Å². The van der Waals surface area contributed by atoms with Crippen LogP contribution in [0.1, 0.15) is 44.1 Å². The SMILES string of the molecule is CN1C(=O)C2(CCNC23CCCCC3)c2ccccc21. The summed E-state index contributed by atoms with van der Waals surface area (Å²) in [7, 11) is 1.94. The van der Waals surface area contributed by atoms with Gasteiger partial charge < -0.3 is 10.2 Å². The lowest BCUT2D eigenvalue weighted by atomic mass is 9.61. The zero-order valence-electron chi connectivity index (χ0n) is 12.1. The van der Waals surface area contributed by atoms with Crippen LogP contribution in [0.3, 0.4) is 0 Å². The van der Waals surface area contributed by atoms with Crippen LogP contribution < -0.4 is 10.2 Å². The maximum atomic E-state index is 13.1. The number of amides is 1. The Labute approximate surface area is 120 Å². The summed E-state index contributed by atoms with van der Waals surface area (Å²) in [5, 5.41) is 3.75. The number of hydrogen-bond donors (Lipinski definition) is 1. The average molecular weight is 270 g/mol. The van der Waals surface area contributed by atoms with E-state index in [9.17, 15) is 4.79 Å². The molecule has 0 bridgehead atoms. The Morgan fingerprint density at radius 2 is 1.85 bits per heavy atom. The van der Waals surface area contributed by atoms with E-state index < -0.39 is 0 Å². The van der Waals surface area contributed by atoms with Gasteiger partial charge in [-0.1, -0.05) is 37.5 Å². The molecule has 3 aliphatic rings. The summed E-state index contributed by atoms with van der Waals surface area (Å²) in [5.74, 6) is 0.311. The van der Waals surface area contributed by atoms with Crippen LogP contribution >= 0.6 is 0 Å². The zero-order valence-corrected chi connectivity index (χ0v) is 12.1. The van der Waals surface area contributed by atoms with E-state index in [-0.39, 0.29) is 11.0 Å². The first-order valence-electron chi connectivity index (χ1n) is 7.84. The summed E-state index contributed by atoms with van der Waals surface area (Å²) in [5.41, 5.74) is 2.08. The lowest BCUT2D eigenvalue weighted by Gasteiger charge is -2.45. The Balaban J connectivity index is 1.93. The molecule has 1 saturated carbocycles. The first-order chi connectivity index (χ1) is 9.71. The van der Waals surface area contributed by atoms with E-state index in [4.69, 9.17) is 0 Å². The smallest absolute Gasteiger partial charge is 0.239 e. The standard InChI is InChI=1S/C17H22N2O/c1-19-14-8-4-3-7-13(14)17(15(19)20)11-12-18-16(17)9-5-2-6-10-16/h3-4,7-8,18H,2,5-6,9-12H2,1H3. The van der Waals surface area contributed by atoms with Crippen LogP contribution in [0.4, 0.5) is 5.69 Å². The van der Waals surface area contributed by atoms with Crippen molar-refractivity contribution in [2.75, 3.05) is 18.5 Å². The maximum absolute atomic E-state index is 13.1. The van der Waals surface area contributed by atoms with Crippen molar-refractivity contribution in [3.63, 3.8) is 0 Å². The normalized spacial score (nSPS) is 31.2. The van der Waals surface area contributed by atoms with Crippen molar-refractivity contribution in [1.29, 1.82) is 0 Å². The minimum atomic E-state index is -0.307. The number of likely N-dealkylation sites (N-methyl/N-ethyl adjacent to an activating group) is 1. The van der Waals surface area contributed by atoms with Gasteiger partial charge in [0.15, 0.2) is 0 Å². The zero-order chi connectivity index (χ0) is 13.8. The molecule has 0 radical (unpaired) electrons. The lowest BCUT2D eigenvalue weighted by molar-refractivity contribution is -0.125. The molecule has 106 valence electrons. The highest BCUT2D eigenvalue weighted by Crippen LogP contribution is 2.56. The van der Waals surface area contributed by atoms with Crippen molar-refractivity contribution in [3.8, 4) is 0 Å². The first-order valence-corrected chi connectivity index (χ1v) is 7.84. The molecule has 1 N–H and O–H groups in total. The fraction of sp³-hybridized carbons (Fsp3) is 0.588. The lowest BCUT2D eigenvalue weighted by Crippen LogP contribution is -2.59. The van der Waals surface area contributed by atoms with Crippen LogP contribution in [0, 0.1) is 0 Å². The molecule has 1 amide bonds. The third-order valence-corrected chi connectivity index (χ3v) is 5.88. The van der Waals surface area contributed by atoms with E-state index in [1.54, 1.807) is 0 Å². The van der Waals surface area contributed by atoms with Crippen LogP contribution in [-0.4, -0.2) is 25.0 Å². The van der Waals surface area contributed by atoms with Crippen LogP contribution in [-0.2, 0) is 10.2 Å². The summed E-state index contributed by atoms with van der Waals surface area (Å²) in [6.07, 6.45) is 7.03. The molecule has 2 spiro atoms. The molecule has 20 heavy (non-hydrogen) atoms. The van der Waals surface area contributed by atoms with Gasteiger partial charge in [-0.15, -0.1) is 0 Å². The molecule has 2 aliphatic heterocycles. The van der Waals surface area contributed by atoms with Gasteiger partial charge in [-0.05, 0) is 37.4 Å². The van der Waals surface area contributed by atoms with E-state index in [2.05, 4.69) is 23.5 Å². The molecule has 3 heteroatoms. The van der Waals surface area contributed by atoms with E-state index in [0.29, 0.717) is 5.91 Å². The number of anilines is 1. The third kappa shape index (κ3) is 1.27. The average Bonchev–Trinajstić information content (AvgIpc) is 2.95. The molecule has 1 aromatic carbocycles. The number of benzene rings is 1. The summed E-state index contributed by atoms with van der Waals surface area (Å²) in [6, 6.07) is 8.40. The number of para-hydroxylation sites is 1. The van der Waals surface area contributed by atoms with Crippen LogP contribution in [0.2, 0.25) is 0 Å². The predicted molar refractivity (Wildman–Crippen MR) is 80.0 cm³/mol. The third-order valence-electron chi connectivity index (χ3n) is 5.88. The minimum Gasteiger partial charge on any atom is -0.314 e. The van der Waals surface area contributed by atoms with Gasteiger partial charge in [-0.25, -0.2) is 0 Å². The minimum absolute atomic E-state index is 0.00317. The van der Waals surface area contributed by atoms with E-state index in [1.807, 2.05) is 18.0 Å². The predicted octanol–water partition coefficient (Wildman–Crippen LogP) is 2.60. The molecule has 2 heterocycles. The summed E-state index contributed by atoms with van der Waals surface area (Å²) >= 11 is 0. The van der Waals surface area contributed by atoms with Crippen molar-refractivity contribution in [3.05, 3.63) is 29.8 Å². The second-order valence-corrected chi connectivity index (χ2v) is 6.61. The number of rotatable bonds is 0. The molecule has 1 saturated heterocycles. The fourth-order valence-corrected chi connectivity index (χ4v) is 4.98. The molecule has 3 nitrogen and oxygen atoms in total. The topological polar surface area (TPSA) is 32.3 Å². The molecular weight excluding hydrogens is 248 g/mol. The molecular formula is C17H22N2O. The van der Waals surface area contributed by atoms with Crippen molar-refractivity contribution in [1.82, 2.24) is 5.32 Å². The summed E-state index contributed by atoms with van der Waals surface area (Å²) < 4.78 is 0. The number of carbonyl (C=O) groups is 1. The Hall–Kier alpha value is -1.35. The summed E-state index contributed by atoms with van der Waals surface area (Å²) in [6.45, 7) is 0.966. The number of nitrogens with one attached hydrogen (secondary N) is 1. The molecule has 1 unspecified atom stereocenters. The number of nitrogens with zero attached hydrogens (tertiary/aromatic N) is 1. The molecule has 2 fully saturated rings. The largest absolute Gasteiger partial charge is 0.314 e. The van der Waals surface area contributed by atoms with Gasteiger partial charge in [-0.3, -0.25) is 4.79 Å². The van der Waals surface area contributed by atoms with Gasteiger partial charge >= 0.3 is 0 Å².